The number of urea groups is 1. The van der Waals surface area contributed by atoms with Crippen LogP contribution in [0, 0.1) is 17.6 Å². The highest BCUT2D eigenvalue weighted by Gasteiger charge is 2.51. The van der Waals surface area contributed by atoms with Gasteiger partial charge in [0.1, 0.15) is 23.8 Å². The smallest absolute Gasteiger partial charge is 0.334 e. The first kappa shape index (κ1) is 28.4. The number of benzene rings is 2. The average Bonchev–Trinajstić information content (AvgIpc) is 2.92. The predicted molar refractivity (Wildman–Crippen MR) is 140 cm³/mol. The Balaban J connectivity index is 1.48. The highest BCUT2D eigenvalue weighted by Crippen LogP contribution is 2.30. The second-order valence-corrected chi connectivity index (χ2v) is 10.0. The van der Waals surface area contributed by atoms with Gasteiger partial charge in [-0.3, -0.25) is 9.59 Å². The molecular weight excluding hydrogens is 508 g/mol. The maximum absolute atomic E-state index is 13.6. The van der Waals surface area contributed by atoms with Gasteiger partial charge in [-0.25, -0.2) is 23.6 Å². The number of carbonyl (C=O) groups is 3. The molecule has 210 valence electrons. The summed E-state index contributed by atoms with van der Waals surface area (Å²) in [5.41, 5.74) is 1.54. The van der Waals surface area contributed by atoms with Crippen LogP contribution in [0.3, 0.4) is 0 Å². The Hall–Kier alpha value is -3.57. The number of hydrogen-bond acceptors (Lipinski definition) is 5. The number of halogens is 2. The van der Waals surface area contributed by atoms with Crippen LogP contribution < -0.4 is 5.32 Å². The van der Waals surface area contributed by atoms with Gasteiger partial charge in [0.15, 0.2) is 0 Å². The first-order valence-electron chi connectivity index (χ1n) is 13.1. The Morgan fingerprint density at radius 1 is 1.05 bits per heavy atom. The van der Waals surface area contributed by atoms with Crippen molar-refractivity contribution in [1.29, 1.82) is 0 Å². The van der Waals surface area contributed by atoms with Crippen LogP contribution in [-0.2, 0) is 27.5 Å². The summed E-state index contributed by atoms with van der Waals surface area (Å²) < 4.78 is 32.2. The molecule has 2 saturated heterocycles. The van der Waals surface area contributed by atoms with E-state index in [9.17, 15) is 23.2 Å². The lowest BCUT2D eigenvalue weighted by Gasteiger charge is -2.55. The molecule has 2 fully saturated rings. The van der Waals surface area contributed by atoms with Crippen molar-refractivity contribution < 1.29 is 27.9 Å². The van der Waals surface area contributed by atoms with E-state index < -0.39 is 18.2 Å². The van der Waals surface area contributed by atoms with Crippen molar-refractivity contribution in [1.82, 2.24) is 25.1 Å². The van der Waals surface area contributed by atoms with Crippen LogP contribution in [0.5, 0.6) is 0 Å². The third-order valence-electron chi connectivity index (χ3n) is 7.31. The van der Waals surface area contributed by atoms with Crippen LogP contribution in [0.15, 0.2) is 48.5 Å². The number of fused-ring (bicyclic) bond motifs is 1. The summed E-state index contributed by atoms with van der Waals surface area (Å²) in [6.45, 7) is 4.95. The lowest BCUT2D eigenvalue weighted by molar-refractivity contribution is -0.190. The Morgan fingerprint density at radius 3 is 2.28 bits per heavy atom. The summed E-state index contributed by atoms with van der Waals surface area (Å²) in [5.74, 6) is -1.19. The van der Waals surface area contributed by atoms with E-state index in [0.29, 0.717) is 6.42 Å². The molecule has 2 aliphatic rings. The molecule has 2 aliphatic heterocycles. The first-order chi connectivity index (χ1) is 18.7. The lowest BCUT2D eigenvalue weighted by atomic mass is 9.92. The molecule has 39 heavy (non-hydrogen) atoms. The quantitative estimate of drug-likeness (QED) is 0.492. The molecule has 2 unspecified atom stereocenters. The number of hydrazine groups is 1. The van der Waals surface area contributed by atoms with Crippen LogP contribution in [0.4, 0.5) is 13.6 Å². The Labute approximate surface area is 227 Å². The van der Waals surface area contributed by atoms with E-state index in [1.807, 2.05) is 13.8 Å². The number of piperazine rings is 1. The third kappa shape index (κ3) is 6.54. The number of likely N-dealkylation sites (N-methyl/N-ethyl adjacent to an activating group) is 1. The van der Waals surface area contributed by atoms with Gasteiger partial charge in [-0.2, -0.15) is 0 Å². The van der Waals surface area contributed by atoms with Crippen molar-refractivity contribution in [2.75, 3.05) is 33.3 Å². The summed E-state index contributed by atoms with van der Waals surface area (Å²) in [5, 5.41) is 5.91. The molecule has 4 amide bonds. The fourth-order valence-corrected chi connectivity index (χ4v) is 5.00. The zero-order valence-electron chi connectivity index (χ0n) is 22.5. The maximum atomic E-state index is 13.6. The van der Waals surface area contributed by atoms with Crippen molar-refractivity contribution in [3.8, 4) is 0 Å². The monoisotopic (exact) mass is 543 g/mol. The maximum Gasteiger partial charge on any atom is 0.334 e. The molecule has 0 spiro atoms. The van der Waals surface area contributed by atoms with Gasteiger partial charge in [0.25, 0.3) is 0 Å². The van der Waals surface area contributed by atoms with E-state index in [0.717, 1.165) is 11.1 Å². The Kier molecular flexibility index (Phi) is 9.13. The van der Waals surface area contributed by atoms with Gasteiger partial charge in [0.2, 0.25) is 11.8 Å². The summed E-state index contributed by atoms with van der Waals surface area (Å²) in [6.07, 6.45) is -0.0210. The lowest BCUT2D eigenvalue weighted by Crippen LogP contribution is -2.76. The second-order valence-electron chi connectivity index (χ2n) is 10.0. The number of nitrogens with zero attached hydrogens (tertiary/aromatic N) is 4. The molecule has 3 atom stereocenters. The molecule has 0 radical (unpaired) electrons. The largest absolute Gasteiger partial charge is 0.375 e. The molecule has 1 N–H and O–H groups in total. The number of carbonyl (C=O) groups excluding carboxylic acids is 3. The van der Waals surface area contributed by atoms with Crippen molar-refractivity contribution >= 4 is 17.8 Å². The van der Waals surface area contributed by atoms with Crippen LogP contribution in [0.1, 0.15) is 31.4 Å². The molecule has 4 rings (SSSR count). The third-order valence-corrected chi connectivity index (χ3v) is 7.31. The van der Waals surface area contributed by atoms with Gasteiger partial charge in [0, 0.05) is 20.1 Å². The number of nitrogens with one attached hydrogen (secondary N) is 1. The molecule has 11 heteroatoms. The van der Waals surface area contributed by atoms with E-state index in [4.69, 9.17) is 4.74 Å². The zero-order valence-corrected chi connectivity index (χ0v) is 22.5. The van der Waals surface area contributed by atoms with Crippen LogP contribution in [0.25, 0.3) is 0 Å². The molecule has 0 saturated carbocycles. The SMILES string of the molecule is CCC(C)[C@H]1C(=O)N(CCOCc2ccc(F)cc2)CC2N1C(=O)CN(C)N2C(=O)NCc1ccc(F)cc1. The van der Waals surface area contributed by atoms with Gasteiger partial charge < -0.3 is 19.9 Å². The topological polar surface area (TPSA) is 85.4 Å². The molecule has 0 bridgehead atoms. The number of amides is 4. The van der Waals surface area contributed by atoms with Gasteiger partial charge >= 0.3 is 6.03 Å². The Bertz CT molecular complexity index is 1160. The molecule has 0 aromatic heterocycles. The summed E-state index contributed by atoms with van der Waals surface area (Å²) in [4.78, 5) is 43.4. The minimum Gasteiger partial charge on any atom is -0.375 e. The highest BCUT2D eigenvalue weighted by atomic mass is 19.1. The van der Waals surface area contributed by atoms with Gasteiger partial charge in [-0.05, 0) is 41.3 Å². The molecule has 2 aromatic carbocycles. The molecule has 2 heterocycles. The van der Waals surface area contributed by atoms with Crippen molar-refractivity contribution in [2.24, 2.45) is 5.92 Å². The van der Waals surface area contributed by atoms with Crippen LogP contribution in [-0.4, -0.2) is 83.2 Å². The molecule has 2 aromatic rings. The normalized spacial score (nSPS) is 20.7. The van der Waals surface area contributed by atoms with Crippen molar-refractivity contribution in [3.63, 3.8) is 0 Å². The summed E-state index contributed by atoms with van der Waals surface area (Å²) in [7, 11) is 1.66. The van der Waals surface area contributed by atoms with E-state index >= 15 is 0 Å². The van der Waals surface area contributed by atoms with Gasteiger partial charge in [-0.1, -0.05) is 44.5 Å². The summed E-state index contributed by atoms with van der Waals surface area (Å²) >= 11 is 0. The molecule has 0 aliphatic carbocycles. The fourth-order valence-electron chi connectivity index (χ4n) is 5.00. The van der Waals surface area contributed by atoms with Gasteiger partial charge in [-0.15, -0.1) is 0 Å². The van der Waals surface area contributed by atoms with E-state index in [1.54, 1.807) is 46.1 Å². The highest BCUT2D eigenvalue weighted by molar-refractivity contribution is 5.91. The minimum absolute atomic E-state index is 0.0402. The van der Waals surface area contributed by atoms with Gasteiger partial charge in [0.05, 0.1) is 26.3 Å². The average molecular weight is 544 g/mol. The number of rotatable bonds is 9. The predicted octanol–water partition coefficient (Wildman–Crippen LogP) is 2.97. The van der Waals surface area contributed by atoms with E-state index in [2.05, 4.69) is 5.32 Å². The first-order valence-corrected chi connectivity index (χ1v) is 13.1. The van der Waals surface area contributed by atoms with Crippen molar-refractivity contribution in [2.45, 2.75) is 45.6 Å². The Morgan fingerprint density at radius 2 is 1.67 bits per heavy atom. The summed E-state index contributed by atoms with van der Waals surface area (Å²) in [6, 6.07) is 10.7. The standard InChI is InChI=1S/C28H35F2N5O4/c1-4-19(2)26-27(37)33(13-14-39-18-21-7-11-23(30)12-8-21)16-24-34(26)25(36)17-32(3)35(24)28(38)31-15-20-5-9-22(29)10-6-20/h5-12,19,24,26H,4,13-18H2,1-3H3,(H,31,38)/t19?,24?,26-/m0/s1. The number of ether oxygens (including phenoxy) is 1. The molecule has 9 nitrogen and oxygen atoms in total. The second kappa shape index (κ2) is 12.5. The van der Waals surface area contributed by atoms with Crippen LogP contribution >= 0.6 is 0 Å². The fraction of sp³-hybridized carbons (Fsp3) is 0.464. The minimum atomic E-state index is -0.709. The van der Waals surface area contributed by atoms with E-state index in [-0.39, 0.29) is 68.8 Å². The van der Waals surface area contributed by atoms with E-state index in [1.165, 1.54) is 29.3 Å². The number of hydrogen-bond donors (Lipinski definition) is 1. The zero-order chi connectivity index (χ0) is 28.1. The van der Waals surface area contributed by atoms with Crippen molar-refractivity contribution in [3.05, 3.63) is 71.3 Å². The van der Waals surface area contributed by atoms with Crippen LogP contribution in [0.2, 0.25) is 0 Å². The molecular formula is C28H35F2N5O4.